The van der Waals surface area contributed by atoms with Crippen LogP contribution in [0.3, 0.4) is 0 Å². The maximum absolute atomic E-state index is 5.91. The van der Waals surface area contributed by atoms with Gasteiger partial charge in [-0.05, 0) is 24.6 Å². The third kappa shape index (κ3) is 7.17. The molecule has 1 rings (SSSR count). The van der Waals surface area contributed by atoms with E-state index in [1.807, 2.05) is 6.66 Å². The Hall–Kier alpha value is 0.490. The van der Waals surface area contributed by atoms with Crippen LogP contribution in [0, 0.1) is 5.92 Å². The molecular formula is C12H26NO3PS. The van der Waals surface area contributed by atoms with E-state index < -0.39 is 6.49 Å². The summed E-state index contributed by atoms with van der Waals surface area (Å²) in [6.07, 6.45) is 0.117. The van der Waals surface area contributed by atoms with E-state index in [4.69, 9.17) is 25.6 Å². The molecular weight excluding hydrogens is 269 g/mol. The minimum absolute atomic E-state index is 0.117. The first-order valence-corrected chi connectivity index (χ1v) is 9.68. The van der Waals surface area contributed by atoms with E-state index in [0.29, 0.717) is 12.5 Å². The average Bonchev–Trinajstić information content (AvgIpc) is 2.27. The highest BCUT2D eigenvalue weighted by molar-refractivity contribution is 8.09. The van der Waals surface area contributed by atoms with Crippen LogP contribution >= 0.6 is 6.49 Å². The molecule has 0 unspecified atom stereocenters. The predicted molar refractivity (Wildman–Crippen MR) is 78.8 cm³/mol. The molecule has 0 amide bonds. The van der Waals surface area contributed by atoms with Gasteiger partial charge in [0, 0.05) is 26.3 Å². The van der Waals surface area contributed by atoms with Gasteiger partial charge in [-0.3, -0.25) is 4.90 Å². The summed E-state index contributed by atoms with van der Waals surface area (Å²) in [6.45, 7) is 11.3. The van der Waals surface area contributed by atoms with Gasteiger partial charge in [0.1, 0.15) is 0 Å². The average molecular weight is 295 g/mol. The van der Waals surface area contributed by atoms with Crippen LogP contribution in [0.2, 0.25) is 0 Å². The van der Waals surface area contributed by atoms with Gasteiger partial charge in [-0.25, -0.2) is 0 Å². The molecule has 0 saturated carbocycles. The van der Waals surface area contributed by atoms with Crippen molar-refractivity contribution in [1.29, 1.82) is 0 Å². The Balaban J connectivity index is 2.28. The lowest BCUT2D eigenvalue weighted by molar-refractivity contribution is 0.0213. The van der Waals surface area contributed by atoms with Crippen LogP contribution < -0.4 is 0 Å². The molecule has 0 radical (unpaired) electrons. The molecule has 1 aliphatic heterocycles. The van der Waals surface area contributed by atoms with Crippen molar-refractivity contribution in [3.05, 3.63) is 0 Å². The second kappa shape index (κ2) is 7.93. The van der Waals surface area contributed by atoms with Crippen molar-refractivity contribution in [2.45, 2.75) is 26.9 Å². The Morgan fingerprint density at radius 3 is 2.44 bits per heavy atom. The molecule has 4 nitrogen and oxygen atoms in total. The van der Waals surface area contributed by atoms with Crippen LogP contribution in [-0.4, -0.2) is 57.1 Å². The van der Waals surface area contributed by atoms with Gasteiger partial charge >= 0.3 is 0 Å². The normalized spacial score (nSPS) is 22.9. The van der Waals surface area contributed by atoms with Crippen LogP contribution in [0.4, 0.5) is 0 Å². The number of rotatable bonds is 7. The van der Waals surface area contributed by atoms with E-state index in [1.54, 1.807) is 0 Å². The number of ether oxygens (including phenoxy) is 1. The first-order chi connectivity index (χ1) is 8.39. The minimum atomic E-state index is -2.09. The summed E-state index contributed by atoms with van der Waals surface area (Å²) in [6, 6.07) is 0. The first-order valence-electron chi connectivity index (χ1n) is 6.59. The number of nitrogens with zero attached hydrogens (tertiary/aromatic N) is 1. The zero-order chi connectivity index (χ0) is 13.6. The third-order valence-electron chi connectivity index (χ3n) is 2.63. The molecule has 0 aliphatic carbocycles. The molecule has 2 atom stereocenters. The Kier molecular flexibility index (Phi) is 7.29. The van der Waals surface area contributed by atoms with E-state index in [1.165, 1.54) is 0 Å². The predicted octanol–water partition coefficient (Wildman–Crippen LogP) is 2.34. The van der Waals surface area contributed by atoms with E-state index in [2.05, 4.69) is 25.7 Å². The zero-order valence-corrected chi connectivity index (χ0v) is 13.6. The quantitative estimate of drug-likeness (QED) is 0.673. The van der Waals surface area contributed by atoms with Crippen LogP contribution in [0.25, 0.3) is 0 Å². The summed E-state index contributed by atoms with van der Waals surface area (Å²) in [5, 5.41) is 0. The van der Waals surface area contributed by atoms with Gasteiger partial charge < -0.3 is 13.8 Å². The SMILES string of the molecule is CC(C)CO[P@](C)(=S)O[C@@H](C)CN1CCOCC1. The van der Waals surface area contributed by atoms with Crippen LogP contribution in [0.5, 0.6) is 0 Å². The lowest BCUT2D eigenvalue weighted by Crippen LogP contribution is -2.40. The lowest BCUT2D eigenvalue weighted by atomic mass is 10.2. The van der Waals surface area contributed by atoms with Gasteiger partial charge in [0.05, 0.1) is 25.9 Å². The smallest absolute Gasteiger partial charge is 0.185 e. The van der Waals surface area contributed by atoms with Crippen molar-refractivity contribution < 1.29 is 13.8 Å². The van der Waals surface area contributed by atoms with Crippen LogP contribution in [0.15, 0.2) is 0 Å². The van der Waals surface area contributed by atoms with Crippen molar-refractivity contribution >= 4 is 18.3 Å². The summed E-state index contributed by atoms with van der Waals surface area (Å²) < 4.78 is 16.9. The fourth-order valence-electron chi connectivity index (χ4n) is 1.82. The molecule has 108 valence electrons. The maximum atomic E-state index is 5.91. The molecule has 0 aromatic heterocycles. The number of hydrogen-bond acceptors (Lipinski definition) is 5. The van der Waals surface area contributed by atoms with Crippen LogP contribution in [-0.2, 0) is 25.6 Å². The summed E-state index contributed by atoms with van der Waals surface area (Å²) in [5.41, 5.74) is 0. The second-order valence-electron chi connectivity index (χ2n) is 5.29. The highest BCUT2D eigenvalue weighted by Gasteiger charge is 2.20. The van der Waals surface area contributed by atoms with Gasteiger partial charge in [0.25, 0.3) is 0 Å². The Bertz CT molecular complexity index is 282. The Labute approximate surface area is 116 Å². The van der Waals surface area contributed by atoms with Crippen molar-refractivity contribution in [1.82, 2.24) is 4.90 Å². The van der Waals surface area contributed by atoms with E-state index >= 15 is 0 Å². The Morgan fingerprint density at radius 2 is 1.89 bits per heavy atom. The van der Waals surface area contributed by atoms with Gasteiger partial charge in [-0.1, -0.05) is 13.8 Å². The summed E-state index contributed by atoms with van der Waals surface area (Å²) in [4.78, 5) is 2.35. The topological polar surface area (TPSA) is 30.9 Å². The standard InChI is InChI=1S/C12H26NO3PS/c1-11(2)10-15-17(4,18)16-12(3)9-13-5-7-14-8-6-13/h11-12H,5-10H2,1-4H3/t12-,17-/m0/s1. The van der Waals surface area contributed by atoms with Crippen molar-refractivity contribution in [2.75, 3.05) is 46.1 Å². The van der Waals surface area contributed by atoms with E-state index in [0.717, 1.165) is 32.8 Å². The van der Waals surface area contributed by atoms with Crippen molar-refractivity contribution in [3.8, 4) is 0 Å². The second-order valence-corrected chi connectivity index (χ2v) is 9.29. The largest absolute Gasteiger partial charge is 0.379 e. The van der Waals surface area contributed by atoms with Gasteiger partial charge in [0.2, 0.25) is 0 Å². The Morgan fingerprint density at radius 1 is 1.28 bits per heavy atom. The van der Waals surface area contributed by atoms with E-state index in [9.17, 15) is 0 Å². The monoisotopic (exact) mass is 295 g/mol. The van der Waals surface area contributed by atoms with Gasteiger partial charge in [-0.2, -0.15) is 0 Å². The molecule has 0 bridgehead atoms. The first kappa shape index (κ1) is 16.5. The highest BCUT2D eigenvalue weighted by Crippen LogP contribution is 2.46. The molecule has 0 aromatic rings. The summed E-state index contributed by atoms with van der Waals surface area (Å²) in [5.74, 6) is 0.491. The maximum Gasteiger partial charge on any atom is 0.185 e. The molecule has 6 heteroatoms. The summed E-state index contributed by atoms with van der Waals surface area (Å²) in [7, 11) is 0. The highest BCUT2D eigenvalue weighted by atomic mass is 32.5. The minimum Gasteiger partial charge on any atom is -0.379 e. The molecule has 1 saturated heterocycles. The molecule has 0 spiro atoms. The fourth-order valence-corrected chi connectivity index (χ4v) is 3.80. The summed E-state index contributed by atoms with van der Waals surface area (Å²) >= 11 is 5.43. The molecule has 18 heavy (non-hydrogen) atoms. The third-order valence-corrected chi connectivity index (χ3v) is 4.57. The van der Waals surface area contributed by atoms with E-state index in [-0.39, 0.29) is 6.10 Å². The van der Waals surface area contributed by atoms with Crippen molar-refractivity contribution in [2.24, 2.45) is 5.92 Å². The molecule has 0 N–H and O–H groups in total. The van der Waals surface area contributed by atoms with Crippen molar-refractivity contribution in [3.63, 3.8) is 0 Å². The molecule has 1 heterocycles. The lowest BCUT2D eigenvalue weighted by Gasteiger charge is -2.31. The number of morpholine rings is 1. The van der Waals surface area contributed by atoms with Crippen LogP contribution in [0.1, 0.15) is 20.8 Å². The molecule has 0 aromatic carbocycles. The molecule has 1 fully saturated rings. The fraction of sp³-hybridized carbons (Fsp3) is 1.00. The molecule has 1 aliphatic rings. The van der Waals surface area contributed by atoms with Gasteiger partial charge in [0.15, 0.2) is 6.49 Å². The number of hydrogen-bond donors (Lipinski definition) is 0. The van der Waals surface area contributed by atoms with Gasteiger partial charge in [-0.15, -0.1) is 0 Å². The zero-order valence-electron chi connectivity index (χ0n) is 11.9.